The van der Waals surface area contributed by atoms with Crippen LogP contribution in [-0.2, 0) is 10.9 Å². The van der Waals surface area contributed by atoms with Crippen molar-refractivity contribution in [1.29, 1.82) is 0 Å². The Morgan fingerprint density at radius 2 is 1.77 bits per heavy atom. The minimum atomic E-state index is -4.42. The van der Waals surface area contributed by atoms with Crippen LogP contribution in [0.1, 0.15) is 21.5 Å². The number of hydrogen-bond acceptors (Lipinski definition) is 4. The first-order valence-electron chi connectivity index (χ1n) is 8.09. The second-order valence-electron chi connectivity index (χ2n) is 5.88. The van der Waals surface area contributed by atoms with E-state index in [1.54, 1.807) is 0 Å². The summed E-state index contributed by atoms with van der Waals surface area (Å²) in [6, 6.07) is 13.8. The summed E-state index contributed by atoms with van der Waals surface area (Å²) in [7, 11) is 0. The number of esters is 1. The molecule has 0 fully saturated rings. The van der Waals surface area contributed by atoms with E-state index < -0.39 is 17.7 Å². The maximum absolute atomic E-state index is 12.5. The Bertz CT molecular complexity index is 787. The van der Waals surface area contributed by atoms with Crippen molar-refractivity contribution in [2.24, 2.45) is 4.99 Å². The summed E-state index contributed by atoms with van der Waals surface area (Å²) in [5.74, 6) is -0.637. The van der Waals surface area contributed by atoms with Crippen molar-refractivity contribution in [2.75, 3.05) is 26.4 Å². The molecule has 0 aliphatic carbocycles. The zero-order valence-electron chi connectivity index (χ0n) is 13.9. The number of aliphatic imine (C=N–C) groups is 1. The van der Waals surface area contributed by atoms with Crippen molar-refractivity contribution >= 4 is 11.7 Å². The summed E-state index contributed by atoms with van der Waals surface area (Å²) in [4.78, 5) is 18.4. The molecule has 0 bridgehead atoms. The molecule has 0 amide bonds. The van der Waals surface area contributed by atoms with Crippen LogP contribution in [0.3, 0.4) is 0 Å². The molecule has 0 aromatic heterocycles. The minimum absolute atomic E-state index is 0.0978. The molecule has 2 aromatic carbocycles. The van der Waals surface area contributed by atoms with E-state index in [2.05, 4.69) is 4.99 Å². The predicted octanol–water partition coefficient (Wildman–Crippen LogP) is 3.62. The third kappa shape index (κ3) is 4.49. The molecule has 0 saturated heterocycles. The Kier molecular flexibility index (Phi) is 5.37. The highest BCUT2D eigenvalue weighted by Gasteiger charge is 2.30. The van der Waals surface area contributed by atoms with Crippen molar-refractivity contribution in [3.05, 3.63) is 71.3 Å². The normalized spacial score (nSPS) is 15.0. The number of alkyl halides is 3. The number of benzene rings is 2. The molecule has 1 aliphatic heterocycles. The number of hydrogen-bond donors (Lipinski definition) is 0. The van der Waals surface area contributed by atoms with Gasteiger partial charge >= 0.3 is 12.1 Å². The fraction of sp³-hybridized carbons (Fsp3) is 0.263. The molecule has 26 heavy (non-hydrogen) atoms. The SMILES string of the molecule is O=C(OCCN1CN=C(c2ccccc2)C1)c1ccc(C(F)(F)F)cc1. The van der Waals surface area contributed by atoms with E-state index in [4.69, 9.17) is 4.74 Å². The third-order valence-electron chi connectivity index (χ3n) is 4.03. The molecule has 0 N–H and O–H groups in total. The van der Waals surface area contributed by atoms with Gasteiger partial charge in [-0.3, -0.25) is 9.89 Å². The molecule has 136 valence electrons. The van der Waals surface area contributed by atoms with E-state index in [0.29, 0.717) is 19.8 Å². The molecule has 0 spiro atoms. The molecule has 0 atom stereocenters. The van der Waals surface area contributed by atoms with Crippen molar-refractivity contribution in [2.45, 2.75) is 6.18 Å². The molecular formula is C19H17F3N2O2. The summed E-state index contributed by atoms with van der Waals surface area (Å²) in [6.07, 6.45) is -4.42. The monoisotopic (exact) mass is 362 g/mol. The lowest BCUT2D eigenvalue weighted by atomic mass is 10.1. The van der Waals surface area contributed by atoms with Gasteiger partial charge in [-0.1, -0.05) is 30.3 Å². The molecule has 0 radical (unpaired) electrons. The summed E-state index contributed by atoms with van der Waals surface area (Å²) in [5.41, 5.74) is 1.36. The quantitative estimate of drug-likeness (QED) is 0.763. The van der Waals surface area contributed by atoms with Crippen LogP contribution in [0.5, 0.6) is 0 Å². The van der Waals surface area contributed by atoms with E-state index in [1.807, 2.05) is 35.2 Å². The van der Waals surface area contributed by atoms with Gasteiger partial charge in [0, 0.05) is 13.1 Å². The Morgan fingerprint density at radius 1 is 1.08 bits per heavy atom. The lowest BCUT2D eigenvalue weighted by Crippen LogP contribution is -2.28. The zero-order valence-corrected chi connectivity index (χ0v) is 13.9. The lowest BCUT2D eigenvalue weighted by molar-refractivity contribution is -0.137. The smallest absolute Gasteiger partial charge is 0.416 e. The summed E-state index contributed by atoms with van der Waals surface area (Å²) in [6.45, 7) is 1.85. The van der Waals surface area contributed by atoms with E-state index >= 15 is 0 Å². The van der Waals surface area contributed by atoms with Gasteiger partial charge in [-0.15, -0.1) is 0 Å². The Balaban J connectivity index is 1.45. The molecule has 3 rings (SSSR count). The summed E-state index contributed by atoms with van der Waals surface area (Å²) >= 11 is 0. The van der Waals surface area contributed by atoms with Crippen LogP contribution in [0.2, 0.25) is 0 Å². The molecular weight excluding hydrogens is 345 g/mol. The highest BCUT2D eigenvalue weighted by molar-refractivity contribution is 6.02. The van der Waals surface area contributed by atoms with Gasteiger partial charge in [0.1, 0.15) is 6.61 Å². The number of carbonyl (C=O) groups excluding carboxylic acids is 1. The van der Waals surface area contributed by atoms with E-state index in [-0.39, 0.29) is 12.2 Å². The van der Waals surface area contributed by atoms with Gasteiger partial charge in [-0.05, 0) is 29.8 Å². The van der Waals surface area contributed by atoms with Crippen molar-refractivity contribution in [3.8, 4) is 0 Å². The van der Waals surface area contributed by atoms with Gasteiger partial charge in [0.25, 0.3) is 0 Å². The molecule has 2 aromatic rings. The standard InChI is InChI=1S/C19H17F3N2O2/c20-19(21,22)16-8-6-15(7-9-16)18(25)26-11-10-24-12-17(23-13-24)14-4-2-1-3-5-14/h1-9H,10-13H2. The number of nitrogens with zero attached hydrogens (tertiary/aromatic N) is 2. The molecule has 1 heterocycles. The van der Waals surface area contributed by atoms with Crippen molar-refractivity contribution < 1.29 is 22.7 Å². The van der Waals surface area contributed by atoms with Gasteiger partial charge in [-0.25, -0.2) is 4.79 Å². The van der Waals surface area contributed by atoms with E-state index in [1.165, 1.54) is 0 Å². The van der Waals surface area contributed by atoms with Crippen LogP contribution in [0.15, 0.2) is 59.6 Å². The Morgan fingerprint density at radius 3 is 2.42 bits per heavy atom. The highest BCUT2D eigenvalue weighted by Crippen LogP contribution is 2.29. The predicted molar refractivity (Wildman–Crippen MR) is 91.1 cm³/mol. The van der Waals surface area contributed by atoms with Crippen LogP contribution in [0.25, 0.3) is 0 Å². The first-order chi connectivity index (χ1) is 12.4. The fourth-order valence-electron chi connectivity index (χ4n) is 2.61. The average Bonchev–Trinajstić information content (AvgIpc) is 3.11. The topological polar surface area (TPSA) is 41.9 Å². The van der Waals surface area contributed by atoms with Gasteiger partial charge in [0.2, 0.25) is 0 Å². The van der Waals surface area contributed by atoms with Crippen molar-refractivity contribution in [1.82, 2.24) is 4.90 Å². The summed E-state index contributed by atoms with van der Waals surface area (Å²) < 4.78 is 42.7. The maximum Gasteiger partial charge on any atom is 0.416 e. The van der Waals surface area contributed by atoms with Gasteiger partial charge in [0.05, 0.1) is 23.5 Å². The third-order valence-corrected chi connectivity index (χ3v) is 4.03. The van der Waals surface area contributed by atoms with E-state index in [0.717, 1.165) is 35.5 Å². The number of carbonyl (C=O) groups is 1. The first kappa shape index (κ1) is 18.1. The lowest BCUT2D eigenvalue weighted by Gasteiger charge is -2.14. The Hall–Kier alpha value is -2.67. The van der Waals surface area contributed by atoms with Crippen LogP contribution in [0, 0.1) is 0 Å². The second kappa shape index (κ2) is 7.70. The molecule has 0 saturated carbocycles. The molecule has 4 nitrogen and oxygen atoms in total. The van der Waals surface area contributed by atoms with Crippen LogP contribution < -0.4 is 0 Å². The van der Waals surface area contributed by atoms with Gasteiger partial charge < -0.3 is 4.74 Å². The number of ether oxygens (including phenoxy) is 1. The average molecular weight is 362 g/mol. The largest absolute Gasteiger partial charge is 0.461 e. The highest BCUT2D eigenvalue weighted by atomic mass is 19.4. The van der Waals surface area contributed by atoms with Gasteiger partial charge in [0.15, 0.2) is 0 Å². The Labute approximate surface area is 148 Å². The van der Waals surface area contributed by atoms with Crippen LogP contribution in [0.4, 0.5) is 13.2 Å². The minimum Gasteiger partial charge on any atom is -0.461 e. The molecule has 7 heteroatoms. The summed E-state index contributed by atoms with van der Waals surface area (Å²) in [5, 5.41) is 0. The van der Waals surface area contributed by atoms with Gasteiger partial charge in [-0.2, -0.15) is 13.2 Å². The van der Waals surface area contributed by atoms with Crippen LogP contribution >= 0.6 is 0 Å². The maximum atomic E-state index is 12.5. The second-order valence-corrected chi connectivity index (χ2v) is 5.88. The number of halogens is 3. The first-order valence-corrected chi connectivity index (χ1v) is 8.09. The van der Waals surface area contributed by atoms with Crippen molar-refractivity contribution in [3.63, 3.8) is 0 Å². The van der Waals surface area contributed by atoms with Crippen LogP contribution in [-0.4, -0.2) is 42.9 Å². The molecule has 0 unspecified atom stereocenters. The fourth-order valence-corrected chi connectivity index (χ4v) is 2.61. The van der Waals surface area contributed by atoms with E-state index in [9.17, 15) is 18.0 Å². The molecule has 1 aliphatic rings. The number of rotatable bonds is 5. The zero-order chi connectivity index (χ0) is 18.6.